The lowest BCUT2D eigenvalue weighted by atomic mass is 10.1. The van der Waals surface area contributed by atoms with Crippen LogP contribution in [0, 0.1) is 0 Å². The van der Waals surface area contributed by atoms with Gasteiger partial charge in [-0.1, -0.05) is 6.07 Å². The molecule has 3 aromatic rings. The largest absolute Gasteiger partial charge is 0.497 e. The molecule has 1 aliphatic heterocycles. The Hall–Kier alpha value is -3.65. The number of methoxy groups -OCH3 is 1. The molecule has 3 heterocycles. The third-order valence-electron chi connectivity index (χ3n) is 5.78. The monoisotopic (exact) mass is 447 g/mol. The summed E-state index contributed by atoms with van der Waals surface area (Å²) in [6.45, 7) is 2.19. The van der Waals surface area contributed by atoms with Crippen LogP contribution in [0.5, 0.6) is 5.75 Å². The highest BCUT2D eigenvalue weighted by molar-refractivity contribution is 5.77. The van der Waals surface area contributed by atoms with Crippen LogP contribution in [-0.2, 0) is 9.53 Å². The molecule has 0 saturated carbocycles. The van der Waals surface area contributed by atoms with Crippen LogP contribution in [0.1, 0.15) is 18.2 Å². The molecule has 172 valence electrons. The molecule has 1 atom stereocenters. The molecule has 0 bridgehead atoms. The Morgan fingerprint density at radius 1 is 1.21 bits per heavy atom. The first-order valence-electron chi connectivity index (χ1n) is 11.0. The SMILES string of the molecule is COc1ccc(N(C)CCC(=O)N2CCO[C@@H](c3cccc(-c4ccc(N)nc4)n3)C2)cc1. The van der Waals surface area contributed by atoms with E-state index in [1.165, 1.54) is 0 Å². The standard InChI is InChI=1S/C25H29N5O3/c1-29(19-7-9-20(32-2)10-8-19)13-12-25(31)30-14-15-33-23(17-30)22-5-3-4-21(28-22)18-6-11-24(26)27-16-18/h3-11,16,23H,12-15,17H2,1-2H3,(H2,26,27)/t23-/m1/s1. The van der Waals surface area contributed by atoms with E-state index >= 15 is 0 Å². The van der Waals surface area contributed by atoms with E-state index in [-0.39, 0.29) is 12.0 Å². The number of nitrogens with zero attached hydrogens (tertiary/aromatic N) is 4. The maximum atomic E-state index is 12.9. The third kappa shape index (κ3) is 5.59. The average Bonchev–Trinajstić information content (AvgIpc) is 2.87. The van der Waals surface area contributed by atoms with Gasteiger partial charge in [-0.15, -0.1) is 0 Å². The number of carbonyl (C=O) groups is 1. The molecule has 1 amide bonds. The number of benzene rings is 1. The highest BCUT2D eigenvalue weighted by Crippen LogP contribution is 2.25. The Morgan fingerprint density at radius 2 is 2.03 bits per heavy atom. The Labute approximate surface area is 194 Å². The second-order valence-electron chi connectivity index (χ2n) is 7.99. The minimum Gasteiger partial charge on any atom is -0.497 e. The maximum absolute atomic E-state index is 12.9. The lowest BCUT2D eigenvalue weighted by Gasteiger charge is -2.33. The average molecular weight is 448 g/mol. The second kappa shape index (κ2) is 10.3. The maximum Gasteiger partial charge on any atom is 0.224 e. The van der Waals surface area contributed by atoms with Gasteiger partial charge in [-0.25, -0.2) is 9.97 Å². The van der Waals surface area contributed by atoms with Crippen molar-refractivity contribution in [1.29, 1.82) is 0 Å². The van der Waals surface area contributed by atoms with Gasteiger partial charge in [0.1, 0.15) is 17.7 Å². The number of aromatic nitrogens is 2. The van der Waals surface area contributed by atoms with Gasteiger partial charge < -0.3 is 25.0 Å². The number of morpholine rings is 1. The van der Waals surface area contributed by atoms with E-state index in [0.29, 0.717) is 38.5 Å². The molecule has 8 nitrogen and oxygen atoms in total. The summed E-state index contributed by atoms with van der Waals surface area (Å²) in [6, 6.07) is 17.3. The fraction of sp³-hybridized carbons (Fsp3) is 0.320. The zero-order valence-corrected chi connectivity index (χ0v) is 19.0. The van der Waals surface area contributed by atoms with E-state index < -0.39 is 0 Å². The van der Waals surface area contributed by atoms with Gasteiger partial charge >= 0.3 is 0 Å². The van der Waals surface area contributed by atoms with Gasteiger partial charge in [-0.2, -0.15) is 0 Å². The molecule has 0 radical (unpaired) electrons. The number of pyridine rings is 2. The molecule has 0 aliphatic carbocycles. The quantitative estimate of drug-likeness (QED) is 0.595. The Bertz CT molecular complexity index is 1070. The molecule has 4 rings (SSSR count). The van der Waals surface area contributed by atoms with E-state index in [4.69, 9.17) is 20.2 Å². The van der Waals surface area contributed by atoms with E-state index in [1.54, 1.807) is 19.4 Å². The van der Waals surface area contributed by atoms with Gasteiger partial charge in [-0.3, -0.25) is 4.79 Å². The van der Waals surface area contributed by atoms with E-state index in [2.05, 4.69) is 9.88 Å². The highest BCUT2D eigenvalue weighted by Gasteiger charge is 2.26. The molecule has 2 N–H and O–H groups in total. The summed E-state index contributed by atoms with van der Waals surface area (Å²) in [7, 11) is 3.63. The molecule has 0 spiro atoms. The van der Waals surface area contributed by atoms with Crippen molar-refractivity contribution in [3.8, 4) is 17.0 Å². The van der Waals surface area contributed by atoms with Crippen molar-refractivity contribution in [2.75, 3.05) is 51.0 Å². The zero-order valence-electron chi connectivity index (χ0n) is 19.0. The van der Waals surface area contributed by atoms with Crippen LogP contribution in [0.4, 0.5) is 11.5 Å². The number of hydrogen-bond acceptors (Lipinski definition) is 7. The summed E-state index contributed by atoms with van der Waals surface area (Å²) in [4.78, 5) is 25.8. The van der Waals surface area contributed by atoms with Gasteiger partial charge in [0.05, 0.1) is 31.6 Å². The number of hydrogen-bond donors (Lipinski definition) is 1. The Balaban J connectivity index is 1.36. The number of carbonyl (C=O) groups excluding carboxylic acids is 1. The molecule has 2 aromatic heterocycles. The fourth-order valence-electron chi connectivity index (χ4n) is 3.79. The molecule has 0 unspecified atom stereocenters. The predicted molar refractivity (Wildman–Crippen MR) is 128 cm³/mol. The Morgan fingerprint density at radius 3 is 2.76 bits per heavy atom. The summed E-state index contributed by atoms with van der Waals surface area (Å²) in [6.07, 6.45) is 1.88. The summed E-state index contributed by atoms with van der Waals surface area (Å²) < 4.78 is 11.2. The minimum absolute atomic E-state index is 0.113. The first-order chi connectivity index (χ1) is 16.0. The first-order valence-corrected chi connectivity index (χ1v) is 11.0. The zero-order chi connectivity index (χ0) is 23.2. The van der Waals surface area contributed by atoms with Crippen LogP contribution in [0.2, 0.25) is 0 Å². The number of nitrogen functional groups attached to an aromatic ring is 1. The summed E-state index contributed by atoms with van der Waals surface area (Å²) in [5.41, 5.74) is 9.22. The molecule has 1 aromatic carbocycles. The van der Waals surface area contributed by atoms with Gasteiger partial charge in [0.25, 0.3) is 0 Å². The predicted octanol–water partition coefficient (Wildman–Crippen LogP) is 3.16. The number of amides is 1. The van der Waals surface area contributed by atoms with Crippen molar-refractivity contribution >= 4 is 17.4 Å². The smallest absolute Gasteiger partial charge is 0.224 e. The molecular weight excluding hydrogens is 418 g/mol. The van der Waals surface area contributed by atoms with E-state index in [1.807, 2.05) is 60.5 Å². The van der Waals surface area contributed by atoms with Crippen molar-refractivity contribution < 1.29 is 14.3 Å². The molecule has 33 heavy (non-hydrogen) atoms. The molecule has 1 aliphatic rings. The van der Waals surface area contributed by atoms with Crippen molar-refractivity contribution in [3.05, 3.63) is 66.5 Å². The number of ether oxygens (including phenoxy) is 2. The van der Waals surface area contributed by atoms with Crippen LogP contribution in [-0.4, -0.2) is 61.2 Å². The minimum atomic E-state index is -0.260. The topological polar surface area (TPSA) is 93.8 Å². The number of rotatable bonds is 7. The second-order valence-corrected chi connectivity index (χ2v) is 7.99. The van der Waals surface area contributed by atoms with Crippen LogP contribution < -0.4 is 15.4 Å². The van der Waals surface area contributed by atoms with Crippen molar-refractivity contribution in [3.63, 3.8) is 0 Å². The summed E-state index contributed by atoms with van der Waals surface area (Å²) in [5, 5.41) is 0. The lowest BCUT2D eigenvalue weighted by Crippen LogP contribution is -2.43. The van der Waals surface area contributed by atoms with Crippen molar-refractivity contribution in [2.24, 2.45) is 0 Å². The van der Waals surface area contributed by atoms with Gasteiger partial charge in [-0.05, 0) is 48.5 Å². The normalized spacial score (nSPS) is 15.8. The third-order valence-corrected chi connectivity index (χ3v) is 5.78. The highest BCUT2D eigenvalue weighted by atomic mass is 16.5. The molecule has 8 heteroatoms. The van der Waals surface area contributed by atoms with Crippen LogP contribution in [0.3, 0.4) is 0 Å². The molecule has 1 fully saturated rings. The van der Waals surface area contributed by atoms with Crippen LogP contribution >= 0.6 is 0 Å². The number of anilines is 2. The van der Waals surface area contributed by atoms with Crippen LogP contribution in [0.25, 0.3) is 11.3 Å². The number of nitrogens with two attached hydrogens (primary N) is 1. The summed E-state index contributed by atoms with van der Waals surface area (Å²) in [5.74, 6) is 1.40. The molecule has 1 saturated heterocycles. The lowest BCUT2D eigenvalue weighted by molar-refractivity contribution is -0.138. The van der Waals surface area contributed by atoms with Gasteiger partial charge in [0, 0.05) is 44.0 Å². The van der Waals surface area contributed by atoms with Crippen LogP contribution in [0.15, 0.2) is 60.8 Å². The molecular formula is C25H29N5O3. The van der Waals surface area contributed by atoms with Crippen molar-refractivity contribution in [1.82, 2.24) is 14.9 Å². The summed E-state index contributed by atoms with van der Waals surface area (Å²) >= 11 is 0. The van der Waals surface area contributed by atoms with E-state index in [0.717, 1.165) is 28.4 Å². The fourth-order valence-corrected chi connectivity index (χ4v) is 3.79. The van der Waals surface area contributed by atoms with Gasteiger partial charge in [0.15, 0.2) is 0 Å². The first kappa shape index (κ1) is 22.5. The van der Waals surface area contributed by atoms with Crippen molar-refractivity contribution in [2.45, 2.75) is 12.5 Å². The van der Waals surface area contributed by atoms with E-state index in [9.17, 15) is 4.79 Å². The Kier molecular flexibility index (Phi) is 7.04. The van der Waals surface area contributed by atoms with Gasteiger partial charge in [0.2, 0.25) is 5.91 Å².